The molecule has 0 bridgehead atoms. The van der Waals surface area contributed by atoms with Crippen molar-refractivity contribution in [2.75, 3.05) is 7.11 Å². The summed E-state index contributed by atoms with van der Waals surface area (Å²) in [5.41, 5.74) is 6.61. The summed E-state index contributed by atoms with van der Waals surface area (Å²) in [6, 6.07) is 9.88. The highest BCUT2D eigenvalue weighted by Gasteiger charge is 2.31. The standard InChI is InChI=1S/C13H15N3O.C9H5F3N2O/c1-17-13-8-10(5-6-14-13)12-9-11-4-2-3-7-16(11)15-12;10-9(11,12)7-2-5(4-13)1-6(3-7)8(14)15/h5-6,8-9H,2-4,7H2,1H3;1-3H,(H2,14,15). The number of nitrogens with zero attached hydrogens (tertiary/aromatic N) is 4. The fourth-order valence-corrected chi connectivity index (χ4v) is 3.24. The third-order valence-corrected chi connectivity index (χ3v) is 4.83. The molecule has 0 unspecified atom stereocenters. The van der Waals surface area contributed by atoms with Crippen LogP contribution in [0.2, 0.25) is 0 Å². The predicted molar refractivity (Wildman–Crippen MR) is 110 cm³/mol. The Kier molecular flexibility index (Phi) is 6.78. The summed E-state index contributed by atoms with van der Waals surface area (Å²) in [5.74, 6) is -0.369. The Balaban J connectivity index is 0.000000183. The number of aromatic nitrogens is 3. The highest BCUT2D eigenvalue weighted by atomic mass is 19.4. The molecular formula is C22H20F3N5O2. The van der Waals surface area contributed by atoms with Crippen LogP contribution >= 0.6 is 0 Å². The molecule has 1 aliphatic rings. The molecule has 0 saturated carbocycles. The van der Waals surface area contributed by atoms with Gasteiger partial charge in [-0.15, -0.1) is 0 Å². The maximum Gasteiger partial charge on any atom is 0.416 e. The number of pyridine rings is 1. The van der Waals surface area contributed by atoms with Gasteiger partial charge in [-0.2, -0.15) is 23.5 Å². The van der Waals surface area contributed by atoms with Gasteiger partial charge in [-0.3, -0.25) is 9.48 Å². The van der Waals surface area contributed by atoms with Crippen LogP contribution in [0.4, 0.5) is 13.2 Å². The zero-order valence-corrected chi connectivity index (χ0v) is 17.2. The minimum absolute atomic E-state index is 0.251. The first-order valence-electron chi connectivity index (χ1n) is 9.70. The molecule has 0 fully saturated rings. The van der Waals surface area contributed by atoms with Crippen LogP contribution in [0.15, 0.2) is 42.6 Å². The second-order valence-corrected chi connectivity index (χ2v) is 7.06. The van der Waals surface area contributed by atoms with Crippen molar-refractivity contribution in [3.63, 3.8) is 0 Å². The minimum atomic E-state index is -4.60. The van der Waals surface area contributed by atoms with Gasteiger partial charge in [-0.25, -0.2) is 4.98 Å². The van der Waals surface area contributed by atoms with Crippen molar-refractivity contribution in [3.05, 3.63) is 65.0 Å². The van der Waals surface area contributed by atoms with Crippen molar-refractivity contribution in [3.8, 4) is 23.2 Å². The van der Waals surface area contributed by atoms with E-state index >= 15 is 0 Å². The summed E-state index contributed by atoms with van der Waals surface area (Å²) in [7, 11) is 1.63. The molecule has 2 N–H and O–H groups in total. The van der Waals surface area contributed by atoms with Crippen LogP contribution in [0.3, 0.4) is 0 Å². The van der Waals surface area contributed by atoms with E-state index < -0.39 is 17.6 Å². The van der Waals surface area contributed by atoms with E-state index in [0.29, 0.717) is 18.0 Å². The second kappa shape index (κ2) is 9.51. The number of hydrogen-bond acceptors (Lipinski definition) is 5. The van der Waals surface area contributed by atoms with Crippen molar-refractivity contribution in [1.29, 1.82) is 5.26 Å². The third-order valence-electron chi connectivity index (χ3n) is 4.83. The van der Waals surface area contributed by atoms with E-state index in [-0.39, 0.29) is 11.1 Å². The van der Waals surface area contributed by atoms with Crippen LogP contribution < -0.4 is 10.5 Å². The zero-order valence-electron chi connectivity index (χ0n) is 17.2. The smallest absolute Gasteiger partial charge is 0.416 e. The first-order valence-corrected chi connectivity index (χ1v) is 9.70. The number of carbonyl (C=O) groups is 1. The van der Waals surface area contributed by atoms with E-state index in [4.69, 9.17) is 15.7 Å². The molecule has 1 aliphatic heterocycles. The van der Waals surface area contributed by atoms with Gasteiger partial charge in [0.15, 0.2) is 0 Å². The number of nitriles is 1. The van der Waals surface area contributed by atoms with Crippen LogP contribution in [0, 0.1) is 11.3 Å². The maximum absolute atomic E-state index is 12.3. The summed E-state index contributed by atoms with van der Waals surface area (Å²) in [6.07, 6.45) is 0.789. The molecule has 0 aliphatic carbocycles. The van der Waals surface area contributed by atoms with Crippen LogP contribution in [0.1, 0.15) is 40.0 Å². The monoisotopic (exact) mass is 443 g/mol. The number of benzene rings is 1. The molecule has 32 heavy (non-hydrogen) atoms. The average Bonchev–Trinajstić information content (AvgIpc) is 3.23. The SMILES string of the molecule is COc1cc(-c2cc3n(n2)CCCC3)ccn1.N#Cc1cc(C(N)=O)cc(C(F)(F)F)c1. The number of fused-ring (bicyclic) bond motifs is 1. The molecule has 7 nitrogen and oxygen atoms in total. The summed E-state index contributed by atoms with van der Waals surface area (Å²) < 4.78 is 44.1. The lowest BCUT2D eigenvalue weighted by molar-refractivity contribution is -0.137. The Labute approximate surface area is 182 Å². The van der Waals surface area contributed by atoms with E-state index in [9.17, 15) is 18.0 Å². The van der Waals surface area contributed by atoms with E-state index in [0.717, 1.165) is 30.3 Å². The number of methoxy groups -OCH3 is 1. The normalized spacial score (nSPS) is 12.7. The molecule has 166 valence electrons. The van der Waals surface area contributed by atoms with Crippen molar-refractivity contribution >= 4 is 5.91 Å². The van der Waals surface area contributed by atoms with Crippen LogP contribution in [0.5, 0.6) is 5.88 Å². The molecule has 0 atom stereocenters. The number of amides is 1. The first-order chi connectivity index (χ1) is 15.2. The molecule has 0 saturated heterocycles. The number of ether oxygens (including phenoxy) is 1. The molecule has 10 heteroatoms. The van der Waals surface area contributed by atoms with E-state index in [1.165, 1.54) is 24.6 Å². The molecule has 0 spiro atoms. The number of nitrogens with two attached hydrogens (primary N) is 1. The Morgan fingerprint density at radius 3 is 2.62 bits per heavy atom. The van der Waals surface area contributed by atoms with Gasteiger partial charge >= 0.3 is 6.18 Å². The lowest BCUT2D eigenvalue weighted by Crippen LogP contribution is -2.14. The van der Waals surface area contributed by atoms with Gasteiger partial charge in [0, 0.05) is 35.6 Å². The largest absolute Gasteiger partial charge is 0.481 e. The Hall–Kier alpha value is -3.87. The molecule has 1 aromatic carbocycles. The first kappa shape index (κ1) is 22.8. The number of alkyl halides is 3. The van der Waals surface area contributed by atoms with Gasteiger partial charge in [0.05, 0.1) is 30.0 Å². The average molecular weight is 443 g/mol. The van der Waals surface area contributed by atoms with Gasteiger partial charge in [-0.1, -0.05) is 0 Å². The highest BCUT2D eigenvalue weighted by Crippen LogP contribution is 2.30. The van der Waals surface area contributed by atoms with E-state index in [1.807, 2.05) is 12.1 Å². The Morgan fingerprint density at radius 1 is 1.22 bits per heavy atom. The topological polar surface area (TPSA) is 107 Å². The van der Waals surface area contributed by atoms with Crippen LogP contribution in [-0.4, -0.2) is 27.8 Å². The molecule has 4 rings (SSSR count). The summed E-state index contributed by atoms with van der Waals surface area (Å²) in [6.45, 7) is 1.04. The third kappa shape index (κ3) is 5.43. The Bertz CT molecular complexity index is 1140. The van der Waals surface area contributed by atoms with Crippen molar-refractivity contribution in [1.82, 2.24) is 14.8 Å². The number of hydrogen-bond donors (Lipinski definition) is 1. The summed E-state index contributed by atoms with van der Waals surface area (Å²) >= 11 is 0. The molecule has 1 amide bonds. The van der Waals surface area contributed by atoms with Gasteiger partial charge in [0.25, 0.3) is 0 Å². The maximum atomic E-state index is 12.3. The van der Waals surface area contributed by atoms with Crippen LogP contribution in [0.25, 0.3) is 11.3 Å². The fraction of sp³-hybridized carbons (Fsp3) is 0.273. The number of primary amides is 1. The molecule has 3 aromatic rings. The molecule has 3 heterocycles. The minimum Gasteiger partial charge on any atom is -0.481 e. The van der Waals surface area contributed by atoms with Gasteiger partial charge < -0.3 is 10.5 Å². The summed E-state index contributed by atoms with van der Waals surface area (Å²) in [4.78, 5) is 14.8. The molecular weight excluding hydrogens is 423 g/mol. The number of rotatable bonds is 3. The quantitative estimate of drug-likeness (QED) is 0.659. The molecule has 2 aromatic heterocycles. The highest BCUT2D eigenvalue weighted by molar-refractivity contribution is 5.93. The Morgan fingerprint density at radius 2 is 2.00 bits per heavy atom. The van der Waals surface area contributed by atoms with Gasteiger partial charge in [-0.05, 0) is 49.6 Å². The fourth-order valence-electron chi connectivity index (χ4n) is 3.24. The van der Waals surface area contributed by atoms with Crippen LogP contribution in [-0.2, 0) is 19.1 Å². The van der Waals surface area contributed by atoms with E-state index in [2.05, 4.69) is 20.8 Å². The molecule has 0 radical (unpaired) electrons. The van der Waals surface area contributed by atoms with Crippen molar-refractivity contribution < 1.29 is 22.7 Å². The predicted octanol–water partition coefficient (Wildman–Crippen LogP) is 3.97. The second-order valence-electron chi connectivity index (χ2n) is 7.06. The lowest BCUT2D eigenvalue weighted by Gasteiger charge is -2.11. The van der Waals surface area contributed by atoms with Gasteiger partial charge in [0.2, 0.25) is 11.8 Å². The summed E-state index contributed by atoms with van der Waals surface area (Å²) in [5, 5.41) is 13.1. The lowest BCUT2D eigenvalue weighted by atomic mass is 10.1. The van der Waals surface area contributed by atoms with Crippen molar-refractivity contribution in [2.24, 2.45) is 5.73 Å². The number of aryl methyl sites for hydroxylation is 2. The van der Waals surface area contributed by atoms with Crippen molar-refractivity contribution in [2.45, 2.75) is 32.0 Å². The van der Waals surface area contributed by atoms with Gasteiger partial charge in [0.1, 0.15) is 0 Å². The zero-order chi connectivity index (χ0) is 23.3. The van der Waals surface area contributed by atoms with E-state index in [1.54, 1.807) is 13.3 Å². The number of halogens is 3. The number of carbonyl (C=O) groups excluding carboxylic acids is 1.